The zero-order chi connectivity index (χ0) is 21.2. The lowest BCUT2D eigenvalue weighted by Gasteiger charge is -2.17. The zero-order valence-corrected chi connectivity index (χ0v) is 15.1. The van der Waals surface area contributed by atoms with Gasteiger partial charge in [0, 0.05) is 11.8 Å². The van der Waals surface area contributed by atoms with Crippen molar-refractivity contribution in [2.45, 2.75) is 19.2 Å². The second-order valence-electron chi connectivity index (χ2n) is 6.17. The van der Waals surface area contributed by atoms with E-state index in [1.165, 1.54) is 37.5 Å². The van der Waals surface area contributed by atoms with E-state index < -0.39 is 34.9 Å². The number of nitrogens with zero attached hydrogens (tertiary/aromatic N) is 2. The Labute approximate surface area is 162 Å². The molecule has 3 aromatic rings. The normalized spacial score (nSPS) is 12.6. The van der Waals surface area contributed by atoms with E-state index in [1.54, 1.807) is 6.07 Å². The van der Waals surface area contributed by atoms with Gasteiger partial charge in [-0.25, -0.2) is 4.68 Å². The Balaban J connectivity index is 1.93. The standard InChI is InChI=1S/C19H16F3N3O4/c1-11-9-14(26)17(18(28)23-10-15(27)16-7-4-8-29-16)24-25(11)13-6-3-2-5-12(13)19(20,21)22/h2-9,15,27H,10H2,1H3,(H,23,28). The number of alkyl halides is 3. The molecule has 1 aromatic carbocycles. The summed E-state index contributed by atoms with van der Waals surface area (Å²) in [6, 6.07) is 8.78. The summed E-state index contributed by atoms with van der Waals surface area (Å²) < 4.78 is 45.9. The van der Waals surface area contributed by atoms with Crippen LogP contribution in [0.2, 0.25) is 0 Å². The molecule has 2 heterocycles. The number of carbonyl (C=O) groups excluding carboxylic acids is 1. The van der Waals surface area contributed by atoms with Gasteiger partial charge in [-0.15, -0.1) is 0 Å². The largest absolute Gasteiger partial charge is 0.467 e. The molecule has 1 amide bonds. The molecular formula is C19H16F3N3O4. The second-order valence-corrected chi connectivity index (χ2v) is 6.17. The molecule has 2 aromatic heterocycles. The monoisotopic (exact) mass is 407 g/mol. The summed E-state index contributed by atoms with van der Waals surface area (Å²) in [4.78, 5) is 24.5. The van der Waals surface area contributed by atoms with E-state index >= 15 is 0 Å². The third kappa shape index (κ3) is 4.37. The number of hydrogen-bond acceptors (Lipinski definition) is 5. The van der Waals surface area contributed by atoms with Crippen molar-refractivity contribution < 1.29 is 27.5 Å². The van der Waals surface area contributed by atoms with Crippen LogP contribution in [0.3, 0.4) is 0 Å². The van der Waals surface area contributed by atoms with Crippen molar-refractivity contribution >= 4 is 5.91 Å². The van der Waals surface area contributed by atoms with Gasteiger partial charge in [-0.2, -0.15) is 18.3 Å². The first kappa shape index (κ1) is 20.3. The van der Waals surface area contributed by atoms with Gasteiger partial charge >= 0.3 is 6.18 Å². The van der Waals surface area contributed by atoms with E-state index in [0.717, 1.165) is 16.8 Å². The maximum atomic E-state index is 13.3. The quantitative estimate of drug-likeness (QED) is 0.678. The molecule has 1 atom stereocenters. The van der Waals surface area contributed by atoms with E-state index in [4.69, 9.17) is 4.42 Å². The molecule has 0 radical (unpaired) electrons. The first-order valence-corrected chi connectivity index (χ1v) is 8.45. The number of hydrogen-bond donors (Lipinski definition) is 2. The van der Waals surface area contributed by atoms with E-state index in [9.17, 15) is 27.9 Å². The Morgan fingerprint density at radius 1 is 1.28 bits per heavy atom. The van der Waals surface area contributed by atoms with E-state index in [1.807, 2.05) is 0 Å². The highest BCUT2D eigenvalue weighted by Crippen LogP contribution is 2.33. The van der Waals surface area contributed by atoms with E-state index in [0.29, 0.717) is 0 Å². The second kappa shape index (κ2) is 7.92. The van der Waals surface area contributed by atoms with Crippen LogP contribution in [0.1, 0.15) is 33.6 Å². The SMILES string of the molecule is Cc1cc(=O)c(C(=O)NCC(O)c2ccco2)nn1-c1ccccc1C(F)(F)F. The number of benzene rings is 1. The third-order valence-corrected chi connectivity index (χ3v) is 4.09. The number of aliphatic hydroxyl groups is 1. The average molecular weight is 407 g/mol. The fraction of sp³-hybridized carbons (Fsp3) is 0.211. The summed E-state index contributed by atoms with van der Waals surface area (Å²) in [7, 11) is 0. The predicted molar refractivity (Wildman–Crippen MR) is 95.6 cm³/mol. The minimum absolute atomic E-state index is 0.124. The lowest BCUT2D eigenvalue weighted by Crippen LogP contribution is -2.34. The van der Waals surface area contributed by atoms with Crippen molar-refractivity contribution in [3.63, 3.8) is 0 Å². The molecule has 1 unspecified atom stereocenters. The molecular weight excluding hydrogens is 391 g/mol. The molecule has 0 aliphatic heterocycles. The molecule has 0 saturated carbocycles. The van der Waals surface area contributed by atoms with Crippen LogP contribution in [0, 0.1) is 6.92 Å². The maximum absolute atomic E-state index is 13.3. The van der Waals surface area contributed by atoms with E-state index in [-0.39, 0.29) is 23.7 Å². The van der Waals surface area contributed by atoms with Crippen LogP contribution in [-0.2, 0) is 6.18 Å². The van der Waals surface area contributed by atoms with Crippen molar-refractivity contribution in [3.05, 3.63) is 81.7 Å². The number of nitrogens with one attached hydrogen (secondary N) is 1. The Hall–Kier alpha value is -3.40. The van der Waals surface area contributed by atoms with Gasteiger partial charge in [0.05, 0.1) is 24.1 Å². The van der Waals surface area contributed by atoms with Crippen LogP contribution < -0.4 is 10.7 Å². The molecule has 152 valence electrons. The zero-order valence-electron chi connectivity index (χ0n) is 15.1. The van der Waals surface area contributed by atoms with Crippen molar-refractivity contribution in [1.29, 1.82) is 0 Å². The third-order valence-electron chi connectivity index (χ3n) is 4.09. The number of furan rings is 1. The molecule has 0 bridgehead atoms. The number of amides is 1. The molecule has 10 heteroatoms. The number of para-hydroxylation sites is 1. The van der Waals surface area contributed by atoms with Crippen LogP contribution in [0.4, 0.5) is 13.2 Å². The minimum Gasteiger partial charge on any atom is -0.467 e. The predicted octanol–water partition coefficient (Wildman–Crippen LogP) is 2.62. The lowest BCUT2D eigenvalue weighted by molar-refractivity contribution is -0.137. The molecule has 0 aliphatic rings. The molecule has 29 heavy (non-hydrogen) atoms. The first-order chi connectivity index (χ1) is 13.7. The molecule has 2 N–H and O–H groups in total. The number of aryl methyl sites for hydroxylation is 1. The number of aliphatic hydroxyl groups excluding tert-OH is 1. The summed E-state index contributed by atoms with van der Waals surface area (Å²) in [5, 5.41) is 16.1. The van der Waals surface area contributed by atoms with Gasteiger partial charge in [-0.1, -0.05) is 12.1 Å². The van der Waals surface area contributed by atoms with Crippen molar-refractivity contribution in [2.75, 3.05) is 6.54 Å². The Kier molecular flexibility index (Phi) is 5.55. The lowest BCUT2D eigenvalue weighted by atomic mass is 10.1. The van der Waals surface area contributed by atoms with Crippen LogP contribution in [0.15, 0.2) is 57.9 Å². The Bertz CT molecular complexity index is 1080. The summed E-state index contributed by atoms with van der Waals surface area (Å²) >= 11 is 0. The van der Waals surface area contributed by atoms with Crippen LogP contribution in [0.25, 0.3) is 5.69 Å². The topological polar surface area (TPSA) is 97.4 Å². The van der Waals surface area contributed by atoms with Gasteiger partial charge in [0.2, 0.25) is 5.43 Å². The molecule has 0 aliphatic carbocycles. The van der Waals surface area contributed by atoms with Gasteiger partial charge < -0.3 is 14.8 Å². The number of carbonyl (C=O) groups is 1. The highest BCUT2D eigenvalue weighted by Gasteiger charge is 2.34. The van der Waals surface area contributed by atoms with E-state index in [2.05, 4.69) is 10.4 Å². The van der Waals surface area contributed by atoms with Gasteiger partial charge in [0.25, 0.3) is 5.91 Å². The molecule has 0 spiro atoms. The van der Waals surface area contributed by atoms with Gasteiger partial charge in [0.1, 0.15) is 11.9 Å². The van der Waals surface area contributed by atoms with Gasteiger partial charge in [0.15, 0.2) is 5.69 Å². The van der Waals surface area contributed by atoms with Crippen molar-refractivity contribution in [2.24, 2.45) is 0 Å². The minimum atomic E-state index is -4.65. The highest BCUT2D eigenvalue weighted by molar-refractivity contribution is 5.92. The molecule has 7 nitrogen and oxygen atoms in total. The number of halogens is 3. The Morgan fingerprint density at radius 2 is 2.00 bits per heavy atom. The van der Waals surface area contributed by atoms with Gasteiger partial charge in [-0.3, -0.25) is 9.59 Å². The molecule has 0 saturated heterocycles. The maximum Gasteiger partial charge on any atom is 0.418 e. The number of aromatic nitrogens is 2. The molecule has 0 fully saturated rings. The summed E-state index contributed by atoms with van der Waals surface area (Å²) in [5.41, 5.74) is -2.51. The highest BCUT2D eigenvalue weighted by atomic mass is 19.4. The fourth-order valence-electron chi connectivity index (χ4n) is 2.70. The van der Waals surface area contributed by atoms with Crippen LogP contribution in [-0.4, -0.2) is 27.3 Å². The van der Waals surface area contributed by atoms with Crippen LogP contribution in [0.5, 0.6) is 0 Å². The van der Waals surface area contributed by atoms with Gasteiger partial charge in [-0.05, 0) is 31.2 Å². The average Bonchev–Trinajstić information content (AvgIpc) is 3.20. The smallest absolute Gasteiger partial charge is 0.418 e. The fourth-order valence-corrected chi connectivity index (χ4v) is 2.70. The molecule has 3 rings (SSSR count). The Morgan fingerprint density at radius 3 is 2.66 bits per heavy atom. The number of rotatable bonds is 5. The van der Waals surface area contributed by atoms with Crippen molar-refractivity contribution in [3.8, 4) is 5.69 Å². The van der Waals surface area contributed by atoms with Crippen LogP contribution >= 0.6 is 0 Å². The summed E-state index contributed by atoms with van der Waals surface area (Å²) in [6.07, 6.45) is -4.46. The summed E-state index contributed by atoms with van der Waals surface area (Å²) in [6.45, 7) is 1.13. The first-order valence-electron chi connectivity index (χ1n) is 8.45. The van der Waals surface area contributed by atoms with Crippen molar-refractivity contribution in [1.82, 2.24) is 15.1 Å². The summed E-state index contributed by atoms with van der Waals surface area (Å²) in [5.74, 6) is -0.725.